The quantitative estimate of drug-likeness (QED) is 0.239. The third kappa shape index (κ3) is 9.30. The van der Waals surface area contributed by atoms with Gasteiger partial charge < -0.3 is 24.4 Å². The highest BCUT2D eigenvalue weighted by atomic mass is 16.6. The van der Waals surface area contributed by atoms with Crippen molar-refractivity contribution in [2.24, 2.45) is 5.92 Å². The van der Waals surface area contributed by atoms with Crippen molar-refractivity contribution in [1.29, 1.82) is 0 Å². The van der Waals surface area contributed by atoms with Gasteiger partial charge in [-0.2, -0.15) is 0 Å². The van der Waals surface area contributed by atoms with Crippen LogP contribution in [0.25, 0.3) is 0 Å². The summed E-state index contributed by atoms with van der Waals surface area (Å²) in [5, 5.41) is 3.31. The van der Waals surface area contributed by atoms with Crippen molar-refractivity contribution in [3.63, 3.8) is 0 Å². The van der Waals surface area contributed by atoms with E-state index in [1.807, 2.05) is 44.2 Å². The van der Waals surface area contributed by atoms with E-state index in [1.54, 1.807) is 36.4 Å². The number of carbonyl (C=O) groups is 3. The second kappa shape index (κ2) is 16.1. The van der Waals surface area contributed by atoms with Crippen LogP contribution in [0.2, 0.25) is 0 Å². The topological polar surface area (TPSA) is 97.4 Å². The maximum Gasteiger partial charge on any atom is 0.338 e. The Balaban J connectivity index is 0.000000229. The summed E-state index contributed by atoms with van der Waals surface area (Å²) in [6, 6.07) is 16.8. The van der Waals surface area contributed by atoms with Crippen molar-refractivity contribution >= 4 is 23.6 Å². The molecule has 0 unspecified atom stereocenters. The van der Waals surface area contributed by atoms with Gasteiger partial charge in [0.2, 0.25) is 0 Å². The molecule has 2 aromatic rings. The lowest BCUT2D eigenvalue weighted by atomic mass is 9.87. The molecule has 4 rings (SSSR count). The fourth-order valence-electron chi connectivity index (χ4n) is 5.30. The first-order valence-corrected chi connectivity index (χ1v) is 14.5. The van der Waals surface area contributed by atoms with Crippen molar-refractivity contribution in [3.05, 3.63) is 65.7 Å². The number of hydrogen-bond acceptors (Lipinski definition) is 9. The molecule has 0 saturated carbocycles. The fourth-order valence-corrected chi connectivity index (χ4v) is 5.30. The van der Waals surface area contributed by atoms with Gasteiger partial charge in [0.05, 0.1) is 18.2 Å². The molecule has 0 amide bonds. The van der Waals surface area contributed by atoms with Crippen LogP contribution in [0.15, 0.2) is 54.6 Å². The number of anilines is 1. The van der Waals surface area contributed by atoms with Crippen LogP contribution in [-0.2, 0) is 19.0 Å². The average Bonchev–Trinajstić information content (AvgIpc) is 3.21. The number of unbranched alkanes of at least 4 members (excludes halogenated alkanes) is 1. The van der Waals surface area contributed by atoms with Gasteiger partial charge in [-0.15, -0.1) is 0 Å². The number of carbonyl (C=O) groups excluding carboxylic acids is 3. The summed E-state index contributed by atoms with van der Waals surface area (Å²) in [5.41, 5.74) is 2.15. The molecule has 0 aliphatic carbocycles. The maximum absolute atomic E-state index is 12.3. The van der Waals surface area contributed by atoms with E-state index in [0.29, 0.717) is 30.2 Å². The van der Waals surface area contributed by atoms with Gasteiger partial charge in [-0.1, -0.05) is 31.5 Å². The minimum atomic E-state index is -0.408. The highest BCUT2D eigenvalue weighted by Crippen LogP contribution is 2.40. The standard InChI is InChI=1S/C17H21NO4.C15H24N2O2/c1-18-12-8-9-13(18)15(17(20)21-2)14(10-12)22-16(19)11-6-4-3-5-7-11;1-4-5-10-16-14-8-6-13(7-9-14)15(18)19-12-11-17(2)3/h3-7,12-15H,8-10H2,1-2H3;6-9,16H,4-5,10-12H2,1-3H3/t12-,13+,14-,15+;/m0./s1. The molecule has 41 heavy (non-hydrogen) atoms. The van der Waals surface area contributed by atoms with Crippen molar-refractivity contribution in [3.8, 4) is 0 Å². The van der Waals surface area contributed by atoms with Crippen molar-refractivity contribution in [1.82, 2.24) is 9.80 Å². The number of methoxy groups -OCH3 is 1. The van der Waals surface area contributed by atoms with Gasteiger partial charge in [0.1, 0.15) is 18.6 Å². The van der Waals surface area contributed by atoms with Gasteiger partial charge in [0.25, 0.3) is 0 Å². The van der Waals surface area contributed by atoms with E-state index in [0.717, 1.165) is 38.0 Å². The second-order valence-electron chi connectivity index (χ2n) is 10.9. The van der Waals surface area contributed by atoms with Gasteiger partial charge in [-0.3, -0.25) is 9.69 Å². The Hall–Kier alpha value is -3.43. The number of rotatable bonds is 11. The SMILES string of the molecule is CCCCNc1ccc(C(=O)OCCN(C)C)cc1.COC(=O)[C@H]1[C@@H](OC(=O)c2ccccc2)C[C@@H]2CC[C@H]1N2C. The molecule has 9 nitrogen and oxygen atoms in total. The first-order chi connectivity index (χ1) is 19.7. The van der Waals surface area contributed by atoms with Crippen LogP contribution in [0.1, 0.15) is 59.7 Å². The number of hydrogen-bond donors (Lipinski definition) is 1. The number of nitrogens with zero attached hydrogens (tertiary/aromatic N) is 2. The average molecular weight is 568 g/mol. The van der Waals surface area contributed by atoms with Crippen LogP contribution in [0.5, 0.6) is 0 Å². The number of likely N-dealkylation sites (N-methyl/N-ethyl adjacent to an activating group) is 1. The third-order valence-electron chi connectivity index (χ3n) is 7.71. The Labute approximate surface area is 244 Å². The molecule has 2 aliphatic heterocycles. The zero-order valence-corrected chi connectivity index (χ0v) is 25.0. The molecule has 0 spiro atoms. The molecule has 4 atom stereocenters. The number of benzene rings is 2. The molecule has 2 bridgehead atoms. The summed E-state index contributed by atoms with van der Waals surface area (Å²) in [4.78, 5) is 40.4. The first kappa shape index (κ1) is 32.1. The molecular weight excluding hydrogens is 522 g/mol. The Morgan fingerprint density at radius 3 is 2.29 bits per heavy atom. The summed E-state index contributed by atoms with van der Waals surface area (Å²) in [5.74, 6) is -1.32. The van der Waals surface area contributed by atoms with Crippen LogP contribution in [0, 0.1) is 5.92 Å². The van der Waals surface area contributed by atoms with E-state index >= 15 is 0 Å². The molecule has 9 heteroatoms. The summed E-state index contributed by atoms with van der Waals surface area (Å²) >= 11 is 0. The summed E-state index contributed by atoms with van der Waals surface area (Å²) in [7, 11) is 7.32. The van der Waals surface area contributed by atoms with Gasteiger partial charge in [0.15, 0.2) is 0 Å². The Morgan fingerprint density at radius 1 is 0.976 bits per heavy atom. The van der Waals surface area contributed by atoms with E-state index in [9.17, 15) is 14.4 Å². The zero-order chi connectivity index (χ0) is 29.8. The van der Waals surface area contributed by atoms with E-state index < -0.39 is 12.0 Å². The number of fused-ring (bicyclic) bond motifs is 2. The van der Waals surface area contributed by atoms with Crippen LogP contribution in [-0.4, -0.2) is 93.8 Å². The molecular formula is C32H45N3O6. The van der Waals surface area contributed by atoms with E-state index in [2.05, 4.69) is 17.1 Å². The molecule has 2 saturated heterocycles. The Bertz CT molecular complexity index is 1110. The first-order valence-electron chi connectivity index (χ1n) is 14.5. The molecule has 2 aromatic carbocycles. The van der Waals surface area contributed by atoms with Crippen LogP contribution < -0.4 is 5.32 Å². The predicted molar refractivity (Wildman–Crippen MR) is 159 cm³/mol. The lowest BCUT2D eigenvalue weighted by Crippen LogP contribution is -2.53. The summed E-state index contributed by atoms with van der Waals surface area (Å²) < 4.78 is 15.8. The molecule has 2 heterocycles. The number of piperidine rings is 1. The van der Waals surface area contributed by atoms with Gasteiger partial charge in [-0.25, -0.2) is 9.59 Å². The third-order valence-corrected chi connectivity index (χ3v) is 7.71. The lowest BCUT2D eigenvalue weighted by Gasteiger charge is -2.40. The number of ether oxygens (including phenoxy) is 3. The molecule has 2 aliphatic rings. The lowest BCUT2D eigenvalue weighted by molar-refractivity contribution is -0.156. The summed E-state index contributed by atoms with van der Waals surface area (Å²) in [6.45, 7) is 4.28. The van der Waals surface area contributed by atoms with Crippen molar-refractivity contribution in [2.45, 2.75) is 57.2 Å². The van der Waals surface area contributed by atoms with E-state index in [4.69, 9.17) is 14.2 Å². The van der Waals surface area contributed by atoms with Gasteiger partial charge in [0, 0.05) is 37.3 Å². The van der Waals surface area contributed by atoms with Crippen LogP contribution in [0.4, 0.5) is 5.69 Å². The summed E-state index contributed by atoms with van der Waals surface area (Å²) in [6.07, 6.45) is 4.57. The van der Waals surface area contributed by atoms with Crippen molar-refractivity contribution < 1.29 is 28.6 Å². The zero-order valence-electron chi connectivity index (χ0n) is 25.0. The number of esters is 3. The van der Waals surface area contributed by atoms with Gasteiger partial charge >= 0.3 is 17.9 Å². The Morgan fingerprint density at radius 2 is 1.66 bits per heavy atom. The van der Waals surface area contributed by atoms with E-state index in [1.165, 1.54) is 13.5 Å². The largest absolute Gasteiger partial charge is 0.469 e. The number of nitrogens with one attached hydrogen (secondary N) is 1. The minimum Gasteiger partial charge on any atom is -0.469 e. The van der Waals surface area contributed by atoms with Crippen molar-refractivity contribution in [2.75, 3.05) is 53.3 Å². The normalized spacial score (nSPS) is 21.4. The second-order valence-corrected chi connectivity index (χ2v) is 10.9. The molecule has 2 fully saturated rings. The highest BCUT2D eigenvalue weighted by Gasteiger charge is 2.51. The maximum atomic E-state index is 12.3. The minimum absolute atomic E-state index is 0.0970. The highest BCUT2D eigenvalue weighted by molar-refractivity contribution is 5.90. The molecule has 224 valence electrons. The predicted octanol–water partition coefficient (Wildman–Crippen LogP) is 4.48. The monoisotopic (exact) mass is 567 g/mol. The fraction of sp³-hybridized carbons (Fsp3) is 0.531. The van der Waals surface area contributed by atoms with E-state index in [-0.39, 0.29) is 23.9 Å². The molecule has 0 aromatic heterocycles. The van der Waals surface area contributed by atoms with Crippen LogP contribution in [0.3, 0.4) is 0 Å². The molecule has 1 N–H and O–H groups in total. The Kier molecular flexibility index (Phi) is 12.6. The molecule has 0 radical (unpaired) electrons. The smallest absolute Gasteiger partial charge is 0.338 e. The van der Waals surface area contributed by atoms with Crippen LogP contribution >= 0.6 is 0 Å². The van der Waals surface area contributed by atoms with Gasteiger partial charge in [-0.05, 0) is 76.8 Å².